The molecular formula is C23H34Cl2N2O3. The third-order valence-electron chi connectivity index (χ3n) is 5.03. The second-order valence-corrected chi connectivity index (χ2v) is 7.21. The van der Waals surface area contributed by atoms with Crippen LogP contribution in [0.4, 0.5) is 0 Å². The van der Waals surface area contributed by atoms with Crippen LogP contribution in [0, 0.1) is 6.92 Å². The molecule has 5 nitrogen and oxygen atoms in total. The highest BCUT2D eigenvalue weighted by molar-refractivity contribution is 5.85. The second kappa shape index (κ2) is 14.5. The summed E-state index contributed by atoms with van der Waals surface area (Å²) in [4.78, 5) is 2.47. The van der Waals surface area contributed by atoms with Gasteiger partial charge in [-0.2, -0.15) is 0 Å². The van der Waals surface area contributed by atoms with E-state index >= 15 is 0 Å². The van der Waals surface area contributed by atoms with Crippen molar-refractivity contribution in [2.24, 2.45) is 0 Å². The zero-order valence-electron chi connectivity index (χ0n) is 17.9. The standard InChI is InChI=1S/C23H32N2O3.2ClH/c1-19-7-9-20(10-8-19)18-28-23-21(5-3-6-22(23)26-2)17-24-11-4-12-25-13-15-27-16-14-25;;/h3,5-10,24H,4,11-18H2,1-2H3;2*1H. The fourth-order valence-corrected chi connectivity index (χ4v) is 3.34. The van der Waals surface area contributed by atoms with Crippen molar-refractivity contribution in [2.75, 3.05) is 46.5 Å². The lowest BCUT2D eigenvalue weighted by atomic mass is 10.1. The summed E-state index contributed by atoms with van der Waals surface area (Å²) in [6.45, 7) is 9.30. The van der Waals surface area contributed by atoms with Gasteiger partial charge in [0.25, 0.3) is 0 Å². The largest absolute Gasteiger partial charge is 0.493 e. The van der Waals surface area contributed by atoms with Crippen LogP contribution in [-0.2, 0) is 17.9 Å². The van der Waals surface area contributed by atoms with E-state index in [9.17, 15) is 0 Å². The molecule has 1 aliphatic heterocycles. The van der Waals surface area contributed by atoms with E-state index in [1.807, 2.05) is 12.1 Å². The zero-order valence-corrected chi connectivity index (χ0v) is 19.5. The molecule has 1 N–H and O–H groups in total. The van der Waals surface area contributed by atoms with Gasteiger partial charge >= 0.3 is 0 Å². The Labute approximate surface area is 192 Å². The predicted molar refractivity (Wildman–Crippen MR) is 127 cm³/mol. The van der Waals surface area contributed by atoms with Gasteiger partial charge in [-0.05, 0) is 38.1 Å². The van der Waals surface area contributed by atoms with Gasteiger partial charge in [0.15, 0.2) is 11.5 Å². The SMILES string of the molecule is COc1cccc(CNCCCN2CCOCC2)c1OCc1ccc(C)cc1.Cl.Cl. The highest BCUT2D eigenvalue weighted by Gasteiger charge is 2.12. The molecule has 0 radical (unpaired) electrons. The van der Waals surface area contributed by atoms with E-state index in [1.165, 1.54) is 5.56 Å². The molecule has 1 aliphatic rings. The van der Waals surface area contributed by atoms with E-state index in [2.05, 4.69) is 47.5 Å². The van der Waals surface area contributed by atoms with E-state index in [0.717, 1.165) is 75.0 Å². The second-order valence-electron chi connectivity index (χ2n) is 7.21. The number of ether oxygens (including phenoxy) is 3. The third-order valence-corrected chi connectivity index (χ3v) is 5.03. The number of para-hydroxylation sites is 1. The Kier molecular flexibility index (Phi) is 12.8. The van der Waals surface area contributed by atoms with E-state index in [1.54, 1.807) is 7.11 Å². The Hall–Kier alpha value is -1.50. The number of hydrogen-bond donors (Lipinski definition) is 1. The molecule has 0 spiro atoms. The molecule has 168 valence electrons. The number of nitrogens with one attached hydrogen (secondary N) is 1. The summed E-state index contributed by atoms with van der Waals surface area (Å²) >= 11 is 0. The Morgan fingerprint density at radius 2 is 1.77 bits per heavy atom. The number of aryl methyl sites for hydroxylation is 1. The molecule has 0 aliphatic carbocycles. The number of rotatable bonds is 10. The number of methoxy groups -OCH3 is 1. The van der Waals surface area contributed by atoms with Crippen molar-refractivity contribution in [1.82, 2.24) is 10.2 Å². The molecule has 7 heteroatoms. The molecule has 1 saturated heterocycles. The van der Waals surface area contributed by atoms with Gasteiger partial charge in [0.05, 0.1) is 20.3 Å². The fourth-order valence-electron chi connectivity index (χ4n) is 3.34. The molecule has 0 bridgehead atoms. The monoisotopic (exact) mass is 456 g/mol. The fraction of sp³-hybridized carbons (Fsp3) is 0.478. The summed E-state index contributed by atoms with van der Waals surface area (Å²) in [5, 5.41) is 3.55. The number of halogens is 2. The summed E-state index contributed by atoms with van der Waals surface area (Å²) < 4.78 is 17.1. The smallest absolute Gasteiger partial charge is 0.166 e. The highest BCUT2D eigenvalue weighted by Crippen LogP contribution is 2.31. The van der Waals surface area contributed by atoms with Crippen LogP contribution in [0.3, 0.4) is 0 Å². The first-order valence-corrected chi connectivity index (χ1v) is 10.1. The quantitative estimate of drug-likeness (QED) is 0.541. The number of morpholine rings is 1. The van der Waals surface area contributed by atoms with Crippen LogP contribution >= 0.6 is 24.8 Å². The molecule has 0 saturated carbocycles. The molecule has 0 aromatic heterocycles. The Morgan fingerprint density at radius 3 is 2.47 bits per heavy atom. The van der Waals surface area contributed by atoms with Crippen molar-refractivity contribution in [3.63, 3.8) is 0 Å². The van der Waals surface area contributed by atoms with Gasteiger partial charge in [-0.25, -0.2) is 0 Å². The van der Waals surface area contributed by atoms with Crippen molar-refractivity contribution in [3.8, 4) is 11.5 Å². The average molecular weight is 457 g/mol. The van der Waals surface area contributed by atoms with Crippen LogP contribution in [0.15, 0.2) is 42.5 Å². The van der Waals surface area contributed by atoms with Gasteiger partial charge in [0.1, 0.15) is 6.61 Å². The number of nitrogens with zero attached hydrogens (tertiary/aromatic N) is 1. The third kappa shape index (κ3) is 8.32. The van der Waals surface area contributed by atoms with Crippen molar-refractivity contribution >= 4 is 24.8 Å². The normalized spacial score (nSPS) is 13.8. The lowest BCUT2D eigenvalue weighted by molar-refractivity contribution is 0.0374. The van der Waals surface area contributed by atoms with Gasteiger partial charge in [0.2, 0.25) is 0 Å². The summed E-state index contributed by atoms with van der Waals surface area (Å²) in [6.07, 6.45) is 1.13. The number of hydrogen-bond acceptors (Lipinski definition) is 5. The lowest BCUT2D eigenvalue weighted by Crippen LogP contribution is -2.37. The highest BCUT2D eigenvalue weighted by atomic mass is 35.5. The van der Waals surface area contributed by atoms with E-state index in [4.69, 9.17) is 14.2 Å². The molecular weight excluding hydrogens is 423 g/mol. The maximum Gasteiger partial charge on any atom is 0.166 e. The zero-order chi connectivity index (χ0) is 19.6. The number of benzene rings is 2. The van der Waals surface area contributed by atoms with Gasteiger partial charge in [-0.1, -0.05) is 42.0 Å². The molecule has 1 fully saturated rings. The topological polar surface area (TPSA) is 43.0 Å². The summed E-state index contributed by atoms with van der Waals surface area (Å²) in [5.41, 5.74) is 3.53. The van der Waals surface area contributed by atoms with Crippen LogP contribution in [-0.4, -0.2) is 51.4 Å². The first-order valence-electron chi connectivity index (χ1n) is 10.1. The van der Waals surface area contributed by atoms with Gasteiger partial charge in [0, 0.05) is 25.2 Å². The lowest BCUT2D eigenvalue weighted by Gasteiger charge is -2.26. The van der Waals surface area contributed by atoms with Gasteiger partial charge < -0.3 is 19.5 Å². The van der Waals surface area contributed by atoms with Crippen molar-refractivity contribution in [2.45, 2.75) is 26.5 Å². The first-order chi connectivity index (χ1) is 13.8. The maximum absolute atomic E-state index is 6.15. The van der Waals surface area contributed by atoms with Crippen LogP contribution < -0.4 is 14.8 Å². The van der Waals surface area contributed by atoms with Crippen LogP contribution in [0.2, 0.25) is 0 Å². The van der Waals surface area contributed by atoms with Crippen LogP contribution in [0.1, 0.15) is 23.1 Å². The minimum atomic E-state index is 0. The average Bonchev–Trinajstić information content (AvgIpc) is 2.74. The molecule has 2 aromatic carbocycles. The minimum absolute atomic E-state index is 0. The molecule has 0 amide bonds. The Balaban J connectivity index is 0.00000225. The molecule has 3 rings (SSSR count). The van der Waals surface area contributed by atoms with Crippen LogP contribution in [0.5, 0.6) is 11.5 Å². The molecule has 0 unspecified atom stereocenters. The van der Waals surface area contributed by atoms with E-state index < -0.39 is 0 Å². The summed E-state index contributed by atoms with van der Waals surface area (Å²) in [5.74, 6) is 1.60. The minimum Gasteiger partial charge on any atom is -0.493 e. The molecule has 0 atom stereocenters. The maximum atomic E-state index is 6.15. The Morgan fingerprint density at radius 1 is 1.03 bits per heavy atom. The van der Waals surface area contributed by atoms with Gasteiger partial charge in [-0.15, -0.1) is 24.8 Å². The van der Waals surface area contributed by atoms with Crippen molar-refractivity contribution < 1.29 is 14.2 Å². The molecule has 30 heavy (non-hydrogen) atoms. The predicted octanol–water partition coefficient (Wildman–Crippen LogP) is 4.24. The van der Waals surface area contributed by atoms with E-state index in [-0.39, 0.29) is 24.8 Å². The molecule has 2 aromatic rings. The van der Waals surface area contributed by atoms with Crippen LogP contribution in [0.25, 0.3) is 0 Å². The first kappa shape index (κ1) is 26.5. The Bertz CT molecular complexity index is 723. The van der Waals surface area contributed by atoms with Crippen molar-refractivity contribution in [3.05, 3.63) is 59.2 Å². The molecule has 1 heterocycles. The summed E-state index contributed by atoms with van der Waals surface area (Å²) in [7, 11) is 1.69. The van der Waals surface area contributed by atoms with E-state index in [0.29, 0.717) is 6.61 Å². The van der Waals surface area contributed by atoms with Gasteiger partial charge in [-0.3, -0.25) is 4.90 Å². The summed E-state index contributed by atoms with van der Waals surface area (Å²) in [6, 6.07) is 14.5. The van der Waals surface area contributed by atoms with Crippen molar-refractivity contribution in [1.29, 1.82) is 0 Å².